The number of carbonyl (C=O) groups is 1. The summed E-state index contributed by atoms with van der Waals surface area (Å²) < 4.78 is 28.1. The molecule has 0 saturated carbocycles. The lowest BCUT2D eigenvalue weighted by atomic mass is 10.2. The fraction of sp³-hybridized carbons (Fsp3) is 0.0476. The van der Waals surface area contributed by atoms with Crippen molar-refractivity contribution in [3.63, 3.8) is 0 Å². The number of sulfonamides is 1. The first-order valence-corrected chi connectivity index (χ1v) is 11.4. The summed E-state index contributed by atoms with van der Waals surface area (Å²) in [4.78, 5) is 22.8. The van der Waals surface area contributed by atoms with Gasteiger partial charge in [0.25, 0.3) is 21.6 Å². The molecule has 3 rings (SSSR count). The van der Waals surface area contributed by atoms with Crippen LogP contribution >= 0.6 is 15.9 Å². The van der Waals surface area contributed by atoms with Gasteiger partial charge in [-0.15, -0.1) is 0 Å². The summed E-state index contributed by atoms with van der Waals surface area (Å²) in [6.45, 7) is -0.523. The van der Waals surface area contributed by atoms with Gasteiger partial charge in [0, 0.05) is 22.2 Å². The minimum absolute atomic E-state index is 0.0378. The molecule has 164 valence electrons. The molecule has 0 radical (unpaired) electrons. The summed E-state index contributed by atoms with van der Waals surface area (Å²) in [5.41, 5.74) is 2.85. The Morgan fingerprint density at radius 3 is 2.41 bits per heavy atom. The Morgan fingerprint density at radius 1 is 1.06 bits per heavy atom. The topological polar surface area (TPSA) is 122 Å². The molecule has 1 N–H and O–H groups in total. The summed E-state index contributed by atoms with van der Waals surface area (Å²) >= 11 is 3.30. The van der Waals surface area contributed by atoms with Gasteiger partial charge in [0.05, 0.1) is 21.7 Å². The van der Waals surface area contributed by atoms with Crippen molar-refractivity contribution in [2.45, 2.75) is 4.90 Å². The Balaban J connectivity index is 1.80. The van der Waals surface area contributed by atoms with Crippen LogP contribution in [0.4, 0.5) is 11.4 Å². The highest BCUT2D eigenvalue weighted by Gasteiger charge is 2.27. The standard InChI is InChI=1S/C21H17BrN4O5S/c22-17-9-11-18(12-10-17)25(32(30,31)20-7-2-1-3-8-20)15-21(27)24-23-14-16-5-4-6-19(13-16)26(28)29/h1-14H,15H2,(H,24,27)/b23-14-. The van der Waals surface area contributed by atoms with Crippen LogP contribution in [0.25, 0.3) is 0 Å². The first-order valence-electron chi connectivity index (χ1n) is 9.17. The van der Waals surface area contributed by atoms with E-state index in [1.807, 2.05) is 0 Å². The molecule has 0 aliphatic rings. The smallest absolute Gasteiger partial charge is 0.270 e. The normalized spacial score (nSPS) is 11.3. The van der Waals surface area contributed by atoms with Crippen LogP contribution in [0, 0.1) is 10.1 Å². The Morgan fingerprint density at radius 2 is 1.75 bits per heavy atom. The van der Waals surface area contributed by atoms with Gasteiger partial charge in [0.15, 0.2) is 0 Å². The van der Waals surface area contributed by atoms with Crippen LogP contribution in [0.2, 0.25) is 0 Å². The first kappa shape index (κ1) is 23.1. The van der Waals surface area contributed by atoms with Crippen molar-refractivity contribution in [1.29, 1.82) is 0 Å². The van der Waals surface area contributed by atoms with Crippen LogP contribution in [0.1, 0.15) is 5.56 Å². The predicted molar refractivity (Wildman–Crippen MR) is 124 cm³/mol. The number of rotatable bonds is 8. The molecule has 0 atom stereocenters. The Bertz CT molecular complexity index is 1250. The van der Waals surface area contributed by atoms with Crippen molar-refractivity contribution < 1.29 is 18.1 Å². The minimum atomic E-state index is -4.02. The van der Waals surface area contributed by atoms with E-state index in [0.717, 1.165) is 8.78 Å². The molecule has 0 fully saturated rings. The third kappa shape index (κ3) is 5.77. The monoisotopic (exact) mass is 516 g/mol. The number of nitro benzene ring substituents is 1. The average molecular weight is 517 g/mol. The van der Waals surface area contributed by atoms with E-state index in [9.17, 15) is 23.3 Å². The van der Waals surface area contributed by atoms with E-state index < -0.39 is 27.4 Å². The Hall–Kier alpha value is -3.57. The molecule has 9 nitrogen and oxygen atoms in total. The van der Waals surface area contributed by atoms with Gasteiger partial charge in [-0.05, 0) is 36.4 Å². The number of nitro groups is 1. The Labute approximate surface area is 192 Å². The summed E-state index contributed by atoms with van der Waals surface area (Å²) in [6, 6.07) is 19.9. The highest BCUT2D eigenvalue weighted by molar-refractivity contribution is 9.10. The molecule has 0 saturated heterocycles. The van der Waals surface area contributed by atoms with Gasteiger partial charge in [-0.3, -0.25) is 19.2 Å². The van der Waals surface area contributed by atoms with Crippen LogP contribution in [0.3, 0.4) is 0 Å². The molecular weight excluding hydrogens is 500 g/mol. The van der Waals surface area contributed by atoms with Crippen LogP contribution in [0.5, 0.6) is 0 Å². The number of hydrogen-bond acceptors (Lipinski definition) is 6. The molecule has 0 spiro atoms. The maximum Gasteiger partial charge on any atom is 0.270 e. The minimum Gasteiger partial charge on any atom is -0.271 e. The molecular formula is C21H17BrN4O5S. The highest BCUT2D eigenvalue weighted by atomic mass is 79.9. The van der Waals surface area contributed by atoms with Crippen molar-refractivity contribution in [2.24, 2.45) is 5.10 Å². The van der Waals surface area contributed by atoms with Crippen molar-refractivity contribution in [3.8, 4) is 0 Å². The number of hydrazone groups is 1. The molecule has 0 aliphatic carbocycles. The highest BCUT2D eigenvalue weighted by Crippen LogP contribution is 2.25. The van der Waals surface area contributed by atoms with Gasteiger partial charge in [-0.1, -0.05) is 46.3 Å². The lowest BCUT2D eigenvalue weighted by Gasteiger charge is -2.23. The van der Waals surface area contributed by atoms with Crippen molar-refractivity contribution in [1.82, 2.24) is 5.43 Å². The van der Waals surface area contributed by atoms with Crippen molar-refractivity contribution in [2.75, 3.05) is 10.8 Å². The third-order valence-corrected chi connectivity index (χ3v) is 6.53. The zero-order valence-corrected chi connectivity index (χ0v) is 18.9. The van der Waals surface area contributed by atoms with Gasteiger partial charge in [-0.25, -0.2) is 13.8 Å². The van der Waals surface area contributed by atoms with Crippen LogP contribution in [-0.4, -0.2) is 32.0 Å². The van der Waals surface area contributed by atoms with Gasteiger partial charge < -0.3 is 0 Å². The van der Waals surface area contributed by atoms with E-state index in [2.05, 4.69) is 26.5 Å². The maximum absolute atomic E-state index is 13.2. The lowest BCUT2D eigenvalue weighted by Crippen LogP contribution is -2.39. The number of halogens is 1. The second kappa shape index (κ2) is 10.2. The number of nitrogens with one attached hydrogen (secondary N) is 1. The van der Waals surface area contributed by atoms with Gasteiger partial charge >= 0.3 is 0 Å². The van der Waals surface area contributed by atoms with Crippen LogP contribution in [0.15, 0.2) is 93.3 Å². The Kier molecular flexibility index (Phi) is 7.33. The molecule has 3 aromatic carbocycles. The third-order valence-electron chi connectivity index (χ3n) is 4.22. The number of benzene rings is 3. The number of amides is 1. The van der Waals surface area contributed by atoms with E-state index >= 15 is 0 Å². The predicted octanol–water partition coefficient (Wildman–Crippen LogP) is 3.70. The second-order valence-electron chi connectivity index (χ2n) is 6.45. The fourth-order valence-electron chi connectivity index (χ4n) is 2.71. The molecule has 0 aliphatic heterocycles. The number of anilines is 1. The first-order chi connectivity index (χ1) is 15.3. The maximum atomic E-state index is 13.2. The van der Waals surface area contributed by atoms with Gasteiger partial charge in [0.1, 0.15) is 6.54 Å². The van der Waals surface area contributed by atoms with E-state index in [4.69, 9.17) is 0 Å². The summed E-state index contributed by atoms with van der Waals surface area (Å²) in [5.74, 6) is -0.686. The zero-order valence-electron chi connectivity index (χ0n) is 16.5. The second-order valence-corrected chi connectivity index (χ2v) is 9.22. The molecule has 0 aromatic heterocycles. The van der Waals surface area contributed by atoms with Gasteiger partial charge in [0.2, 0.25) is 0 Å². The van der Waals surface area contributed by atoms with Crippen molar-refractivity contribution in [3.05, 3.63) is 99.0 Å². The lowest BCUT2D eigenvalue weighted by molar-refractivity contribution is -0.384. The molecule has 11 heteroatoms. The zero-order chi connectivity index (χ0) is 23.1. The largest absolute Gasteiger partial charge is 0.271 e. The SMILES string of the molecule is O=C(CN(c1ccc(Br)cc1)S(=O)(=O)c1ccccc1)N/N=C\c1cccc([N+](=O)[O-])c1. The molecule has 0 unspecified atom stereocenters. The van der Waals surface area contributed by atoms with Crippen LogP contribution in [-0.2, 0) is 14.8 Å². The number of carbonyl (C=O) groups excluding carboxylic acids is 1. The molecule has 1 amide bonds. The van der Waals surface area contributed by atoms with E-state index in [0.29, 0.717) is 11.3 Å². The summed E-state index contributed by atoms with van der Waals surface area (Å²) in [5, 5.41) is 14.6. The van der Waals surface area contributed by atoms with E-state index in [-0.39, 0.29) is 10.6 Å². The fourth-order valence-corrected chi connectivity index (χ4v) is 4.41. The molecule has 0 bridgehead atoms. The molecule has 0 heterocycles. The summed E-state index contributed by atoms with van der Waals surface area (Å²) in [6.07, 6.45) is 1.24. The van der Waals surface area contributed by atoms with E-state index in [1.54, 1.807) is 48.5 Å². The number of nitrogens with zero attached hydrogens (tertiary/aromatic N) is 3. The molecule has 32 heavy (non-hydrogen) atoms. The van der Waals surface area contributed by atoms with Gasteiger partial charge in [-0.2, -0.15) is 5.10 Å². The van der Waals surface area contributed by atoms with Crippen LogP contribution < -0.4 is 9.73 Å². The average Bonchev–Trinajstić information content (AvgIpc) is 2.79. The summed E-state index contributed by atoms with van der Waals surface area (Å²) in [7, 11) is -4.02. The number of non-ortho nitro benzene ring substituents is 1. The quantitative estimate of drug-likeness (QED) is 0.277. The van der Waals surface area contributed by atoms with E-state index in [1.165, 1.54) is 36.5 Å². The van der Waals surface area contributed by atoms with Crippen molar-refractivity contribution >= 4 is 49.4 Å². The number of hydrogen-bond donors (Lipinski definition) is 1. The molecule has 3 aromatic rings.